The Kier molecular flexibility index (Phi) is 9.11. The fourth-order valence-electron chi connectivity index (χ4n) is 0.880. The van der Waals surface area contributed by atoms with Crippen molar-refractivity contribution >= 4 is 30.3 Å². The molecule has 11 heavy (non-hydrogen) atoms. The summed E-state index contributed by atoms with van der Waals surface area (Å²) in [5.41, 5.74) is 0. The maximum atomic E-state index is 5.47. The summed E-state index contributed by atoms with van der Waals surface area (Å²) in [5, 5.41) is 0. The molecule has 0 saturated heterocycles. The lowest BCUT2D eigenvalue weighted by atomic mass is 10.1. The van der Waals surface area contributed by atoms with Crippen LogP contribution in [0.25, 0.3) is 0 Å². The molecule has 0 aromatic heterocycles. The molecular weight excluding hydrogens is 188 g/mol. The number of hydrogen-bond donors (Lipinski definition) is 0. The molecule has 0 spiro atoms. The molecule has 0 fully saturated rings. The molecule has 0 aliphatic rings. The topological polar surface area (TPSA) is 18.5 Å². The Bertz CT molecular complexity index is 82.2. The molecule has 0 aliphatic carbocycles. The van der Waals surface area contributed by atoms with Crippen LogP contribution in [0.3, 0.4) is 0 Å². The van der Waals surface area contributed by atoms with Crippen LogP contribution in [0.2, 0.25) is 6.04 Å². The molecule has 0 rings (SSSR count). The molecular formula is C6H20O2Si3. The Morgan fingerprint density at radius 3 is 2.82 bits per heavy atom. The van der Waals surface area contributed by atoms with Gasteiger partial charge < -0.3 is 8.23 Å². The zero-order valence-corrected chi connectivity index (χ0v) is 12.8. The van der Waals surface area contributed by atoms with Crippen LogP contribution < -0.4 is 0 Å². The third-order valence-electron chi connectivity index (χ3n) is 1.88. The second-order valence-corrected chi connectivity index (χ2v) is 8.26. The van der Waals surface area contributed by atoms with Gasteiger partial charge in [0.2, 0.25) is 0 Å². The third-order valence-corrected chi connectivity index (χ3v) is 5.34. The van der Waals surface area contributed by atoms with Crippen LogP contribution in [0, 0.1) is 5.92 Å². The molecule has 5 heteroatoms. The van der Waals surface area contributed by atoms with Crippen LogP contribution in [0.15, 0.2) is 0 Å². The molecule has 1 atom stereocenters. The fraction of sp³-hybridized carbons (Fsp3) is 1.00. The Hall–Kier alpha value is 0.571. The predicted molar refractivity (Wildman–Crippen MR) is 58.1 cm³/mol. The van der Waals surface area contributed by atoms with Gasteiger partial charge in [-0.3, -0.25) is 0 Å². The SMILES string of the molecule is CCC(C)CC[SiH2]O[SiH2]O[SiH3]. The summed E-state index contributed by atoms with van der Waals surface area (Å²) in [6.07, 6.45) is 2.67. The highest BCUT2D eigenvalue weighted by Crippen LogP contribution is 2.08. The average Bonchev–Trinajstić information content (AvgIpc) is 2.04. The van der Waals surface area contributed by atoms with E-state index in [2.05, 4.69) is 13.8 Å². The minimum absolute atomic E-state index is 0.193. The van der Waals surface area contributed by atoms with Crippen molar-refractivity contribution in [3.8, 4) is 0 Å². The van der Waals surface area contributed by atoms with Crippen molar-refractivity contribution < 1.29 is 8.23 Å². The van der Waals surface area contributed by atoms with E-state index in [-0.39, 0.29) is 9.76 Å². The van der Waals surface area contributed by atoms with Crippen molar-refractivity contribution in [2.24, 2.45) is 5.92 Å². The van der Waals surface area contributed by atoms with E-state index in [1.807, 2.05) is 0 Å². The summed E-state index contributed by atoms with van der Waals surface area (Å²) < 4.78 is 10.5. The smallest absolute Gasteiger partial charge is 0.282 e. The lowest BCUT2D eigenvalue weighted by Gasteiger charge is -2.07. The van der Waals surface area contributed by atoms with Crippen LogP contribution in [-0.2, 0) is 8.23 Å². The minimum Gasteiger partial charge on any atom is -0.449 e. The van der Waals surface area contributed by atoms with Crippen LogP contribution in [-0.4, -0.2) is 30.3 Å². The van der Waals surface area contributed by atoms with Gasteiger partial charge in [0.25, 0.3) is 10.0 Å². The van der Waals surface area contributed by atoms with E-state index < -0.39 is 10.0 Å². The Balaban J connectivity index is 2.89. The van der Waals surface area contributed by atoms with Crippen molar-refractivity contribution in [2.75, 3.05) is 0 Å². The highest BCUT2D eigenvalue weighted by Gasteiger charge is 1.97. The van der Waals surface area contributed by atoms with Gasteiger partial charge in [-0.1, -0.05) is 26.7 Å². The van der Waals surface area contributed by atoms with E-state index in [4.69, 9.17) is 8.23 Å². The van der Waals surface area contributed by atoms with E-state index in [0.29, 0.717) is 0 Å². The van der Waals surface area contributed by atoms with Crippen molar-refractivity contribution in [1.29, 1.82) is 0 Å². The first-order valence-electron chi connectivity index (χ1n) is 4.38. The molecule has 0 aromatic carbocycles. The summed E-state index contributed by atoms with van der Waals surface area (Å²) in [6, 6.07) is 1.34. The van der Waals surface area contributed by atoms with Gasteiger partial charge in [-0.05, 0) is 12.0 Å². The minimum atomic E-state index is -0.506. The van der Waals surface area contributed by atoms with Crippen LogP contribution in [0.4, 0.5) is 0 Å². The van der Waals surface area contributed by atoms with Gasteiger partial charge in [-0.25, -0.2) is 0 Å². The Morgan fingerprint density at radius 1 is 1.55 bits per heavy atom. The van der Waals surface area contributed by atoms with Crippen molar-refractivity contribution in [3.05, 3.63) is 0 Å². The summed E-state index contributed by atoms with van der Waals surface area (Å²) in [4.78, 5) is 0. The molecule has 0 heterocycles. The third kappa shape index (κ3) is 8.48. The second kappa shape index (κ2) is 8.67. The lowest BCUT2D eigenvalue weighted by Crippen LogP contribution is -2.07. The quantitative estimate of drug-likeness (QED) is 0.404. The summed E-state index contributed by atoms with van der Waals surface area (Å²) in [5.74, 6) is 0.893. The van der Waals surface area contributed by atoms with Crippen LogP contribution in [0.5, 0.6) is 0 Å². The highest BCUT2D eigenvalue weighted by molar-refractivity contribution is 6.41. The van der Waals surface area contributed by atoms with Crippen LogP contribution in [0.1, 0.15) is 26.7 Å². The normalized spacial score (nSPS) is 15.8. The highest BCUT2D eigenvalue weighted by atomic mass is 28.3. The standard InChI is InChI=1S/C6H20O2Si3/c1-3-6(2)4-5-10-8-11-7-9/h6H,3-5,10-11H2,1-2,9H3. The molecule has 1 unspecified atom stereocenters. The Labute approximate surface area is 77.6 Å². The molecule has 0 N–H and O–H groups in total. The van der Waals surface area contributed by atoms with Crippen molar-refractivity contribution in [3.63, 3.8) is 0 Å². The van der Waals surface area contributed by atoms with Gasteiger partial charge in [-0.2, -0.15) is 0 Å². The Morgan fingerprint density at radius 2 is 2.27 bits per heavy atom. The van der Waals surface area contributed by atoms with Gasteiger partial charge in [0.05, 0.1) is 0 Å². The first-order chi connectivity index (χ1) is 5.31. The molecule has 0 aromatic rings. The molecule has 2 nitrogen and oxygen atoms in total. The van der Waals surface area contributed by atoms with Crippen LogP contribution >= 0.6 is 0 Å². The van der Waals surface area contributed by atoms with Gasteiger partial charge in [0.15, 0.2) is 0 Å². The molecule has 0 amide bonds. The van der Waals surface area contributed by atoms with Gasteiger partial charge in [-0.15, -0.1) is 0 Å². The van der Waals surface area contributed by atoms with E-state index in [0.717, 1.165) is 16.4 Å². The number of hydrogen-bond acceptors (Lipinski definition) is 2. The van der Waals surface area contributed by atoms with Crippen molar-refractivity contribution in [1.82, 2.24) is 0 Å². The largest absolute Gasteiger partial charge is 0.449 e. The van der Waals surface area contributed by atoms with Gasteiger partial charge in [0, 0.05) is 0 Å². The van der Waals surface area contributed by atoms with Gasteiger partial charge in [0.1, 0.15) is 20.2 Å². The van der Waals surface area contributed by atoms with Crippen molar-refractivity contribution in [2.45, 2.75) is 32.7 Å². The fourth-order valence-corrected chi connectivity index (χ4v) is 5.20. The maximum Gasteiger partial charge on any atom is 0.282 e. The zero-order chi connectivity index (χ0) is 8.53. The second-order valence-electron chi connectivity index (χ2n) is 2.97. The first-order valence-corrected chi connectivity index (χ1v) is 7.92. The monoisotopic (exact) mass is 208 g/mol. The van der Waals surface area contributed by atoms with Gasteiger partial charge >= 0.3 is 0 Å². The van der Waals surface area contributed by atoms with E-state index >= 15 is 0 Å². The van der Waals surface area contributed by atoms with E-state index in [1.165, 1.54) is 18.9 Å². The molecule has 0 radical (unpaired) electrons. The molecule has 68 valence electrons. The molecule has 0 bridgehead atoms. The van der Waals surface area contributed by atoms with E-state index in [9.17, 15) is 0 Å². The number of rotatable bonds is 7. The lowest BCUT2D eigenvalue weighted by molar-refractivity contribution is 0.488. The van der Waals surface area contributed by atoms with E-state index in [1.54, 1.807) is 0 Å². The summed E-state index contributed by atoms with van der Waals surface area (Å²) >= 11 is 0. The maximum absolute atomic E-state index is 5.47. The first kappa shape index (κ1) is 11.6. The predicted octanol–water partition coefficient (Wildman–Crippen LogP) is -0.763. The molecule has 0 saturated carbocycles. The zero-order valence-electron chi connectivity index (χ0n) is 7.93. The average molecular weight is 208 g/mol. The molecule has 0 aliphatic heterocycles. The summed E-state index contributed by atoms with van der Waals surface area (Å²) in [6.45, 7) is 4.57. The summed E-state index contributed by atoms with van der Waals surface area (Å²) in [7, 11) is 0.165.